The standard InChI is InChI=1S/C27H27N3O3S/c1-3-17-7-5-8-18(4-2)25(17)30-26(32)19-11-13-20(14-12-19)33-16-24(31)29-27-22(15-28)21-9-6-10-23(21)34-27/h5,7-8,11-14H,3-4,6,9-10,16H2,1-2H3,(H,29,31)(H,30,32). The van der Waals surface area contributed by atoms with Crippen molar-refractivity contribution in [3.8, 4) is 11.8 Å². The summed E-state index contributed by atoms with van der Waals surface area (Å²) in [6.07, 6.45) is 4.59. The fourth-order valence-electron chi connectivity index (χ4n) is 4.21. The van der Waals surface area contributed by atoms with E-state index < -0.39 is 0 Å². The molecule has 2 aromatic carbocycles. The highest BCUT2D eigenvalue weighted by molar-refractivity contribution is 7.16. The molecule has 2 amide bonds. The number of rotatable bonds is 8. The topological polar surface area (TPSA) is 91.2 Å². The molecule has 0 fully saturated rings. The molecular weight excluding hydrogens is 446 g/mol. The number of anilines is 2. The number of nitriles is 1. The highest BCUT2D eigenvalue weighted by Gasteiger charge is 2.23. The van der Waals surface area contributed by atoms with Crippen LogP contribution in [-0.2, 0) is 30.5 Å². The first-order valence-electron chi connectivity index (χ1n) is 11.5. The van der Waals surface area contributed by atoms with E-state index in [0.29, 0.717) is 21.9 Å². The Labute approximate surface area is 203 Å². The summed E-state index contributed by atoms with van der Waals surface area (Å²) >= 11 is 1.48. The van der Waals surface area contributed by atoms with Crippen LogP contribution in [0.1, 0.15) is 57.8 Å². The summed E-state index contributed by atoms with van der Waals surface area (Å²) in [7, 11) is 0. The second-order valence-corrected chi connectivity index (χ2v) is 9.25. The molecule has 1 aromatic heterocycles. The fraction of sp³-hybridized carbons (Fsp3) is 0.296. The normalized spacial score (nSPS) is 12.0. The quantitative estimate of drug-likeness (QED) is 0.452. The molecule has 0 atom stereocenters. The van der Waals surface area contributed by atoms with E-state index in [1.165, 1.54) is 16.2 Å². The molecule has 0 bridgehead atoms. The Hall–Kier alpha value is -3.63. The SMILES string of the molecule is CCc1cccc(CC)c1NC(=O)c1ccc(OCC(=O)Nc2sc3c(c2C#N)CCC3)cc1. The highest BCUT2D eigenvalue weighted by atomic mass is 32.1. The van der Waals surface area contributed by atoms with Crippen molar-refractivity contribution in [3.63, 3.8) is 0 Å². The van der Waals surface area contributed by atoms with Gasteiger partial charge in [-0.2, -0.15) is 5.26 Å². The molecule has 7 heteroatoms. The third kappa shape index (κ3) is 4.97. The van der Waals surface area contributed by atoms with E-state index in [-0.39, 0.29) is 18.4 Å². The number of carbonyl (C=O) groups excluding carboxylic acids is 2. The van der Waals surface area contributed by atoms with Crippen LogP contribution in [0, 0.1) is 11.3 Å². The molecule has 174 valence electrons. The van der Waals surface area contributed by atoms with Crippen LogP contribution >= 0.6 is 11.3 Å². The fourth-order valence-corrected chi connectivity index (χ4v) is 5.47. The first kappa shape index (κ1) is 23.5. The number of nitrogens with one attached hydrogen (secondary N) is 2. The number of hydrogen-bond donors (Lipinski definition) is 2. The van der Waals surface area contributed by atoms with Crippen LogP contribution in [-0.4, -0.2) is 18.4 Å². The van der Waals surface area contributed by atoms with Crippen molar-refractivity contribution in [1.29, 1.82) is 5.26 Å². The Morgan fingerprint density at radius 3 is 2.38 bits per heavy atom. The molecule has 0 radical (unpaired) electrons. The molecule has 34 heavy (non-hydrogen) atoms. The largest absolute Gasteiger partial charge is 0.484 e. The average molecular weight is 474 g/mol. The van der Waals surface area contributed by atoms with Crippen LogP contribution in [0.3, 0.4) is 0 Å². The lowest BCUT2D eigenvalue weighted by atomic mass is 10.0. The van der Waals surface area contributed by atoms with Crippen molar-refractivity contribution < 1.29 is 14.3 Å². The van der Waals surface area contributed by atoms with Crippen LogP contribution in [0.15, 0.2) is 42.5 Å². The molecule has 0 spiro atoms. The lowest BCUT2D eigenvalue weighted by Crippen LogP contribution is -2.20. The van der Waals surface area contributed by atoms with E-state index in [4.69, 9.17) is 4.74 Å². The van der Waals surface area contributed by atoms with Gasteiger partial charge in [-0.3, -0.25) is 9.59 Å². The number of benzene rings is 2. The van der Waals surface area contributed by atoms with Crippen molar-refractivity contribution in [2.45, 2.75) is 46.0 Å². The zero-order valence-corrected chi connectivity index (χ0v) is 20.2. The number of aryl methyl sites for hydroxylation is 3. The van der Waals surface area contributed by atoms with Crippen molar-refractivity contribution >= 4 is 33.8 Å². The predicted octanol–water partition coefficient (Wildman–Crippen LogP) is 5.50. The lowest BCUT2D eigenvalue weighted by molar-refractivity contribution is -0.118. The average Bonchev–Trinajstić information content (AvgIpc) is 3.43. The maximum absolute atomic E-state index is 12.8. The van der Waals surface area contributed by atoms with Gasteiger partial charge in [-0.25, -0.2) is 0 Å². The highest BCUT2D eigenvalue weighted by Crippen LogP contribution is 2.38. The molecule has 1 heterocycles. The summed E-state index contributed by atoms with van der Waals surface area (Å²) in [4.78, 5) is 26.4. The van der Waals surface area contributed by atoms with Gasteiger partial charge >= 0.3 is 0 Å². The minimum absolute atomic E-state index is 0.178. The number of amides is 2. The van der Waals surface area contributed by atoms with Crippen LogP contribution in [0.5, 0.6) is 5.75 Å². The predicted molar refractivity (Wildman–Crippen MR) is 135 cm³/mol. The smallest absolute Gasteiger partial charge is 0.262 e. The first-order valence-corrected chi connectivity index (χ1v) is 12.3. The molecule has 3 aromatic rings. The summed E-state index contributed by atoms with van der Waals surface area (Å²) in [5.74, 6) is -0.0136. The summed E-state index contributed by atoms with van der Waals surface area (Å²) in [6, 6.07) is 15.0. The zero-order valence-electron chi connectivity index (χ0n) is 19.4. The molecule has 1 aliphatic carbocycles. The molecular formula is C27H27N3O3S. The van der Waals surface area contributed by atoms with E-state index in [1.807, 2.05) is 18.2 Å². The number of nitrogens with zero attached hydrogens (tertiary/aromatic N) is 1. The summed E-state index contributed by atoms with van der Waals surface area (Å²) in [6.45, 7) is 3.96. The van der Waals surface area contributed by atoms with Gasteiger partial charge < -0.3 is 15.4 Å². The van der Waals surface area contributed by atoms with Crippen LogP contribution < -0.4 is 15.4 Å². The van der Waals surface area contributed by atoms with E-state index in [1.54, 1.807) is 24.3 Å². The van der Waals surface area contributed by atoms with Gasteiger partial charge in [0.05, 0.1) is 5.56 Å². The zero-order chi connectivity index (χ0) is 24.1. The monoisotopic (exact) mass is 473 g/mol. The summed E-state index contributed by atoms with van der Waals surface area (Å²) in [5.41, 5.74) is 5.26. The first-order chi connectivity index (χ1) is 16.5. The molecule has 0 aliphatic heterocycles. The van der Waals surface area contributed by atoms with Gasteiger partial charge in [0.25, 0.3) is 11.8 Å². The number of carbonyl (C=O) groups is 2. The molecule has 0 saturated heterocycles. The number of fused-ring (bicyclic) bond motifs is 1. The molecule has 2 N–H and O–H groups in total. The maximum atomic E-state index is 12.8. The number of hydrogen-bond acceptors (Lipinski definition) is 5. The minimum Gasteiger partial charge on any atom is -0.484 e. The molecule has 1 aliphatic rings. The summed E-state index contributed by atoms with van der Waals surface area (Å²) < 4.78 is 5.59. The van der Waals surface area contributed by atoms with Gasteiger partial charge in [0.15, 0.2) is 6.61 Å². The lowest BCUT2D eigenvalue weighted by Gasteiger charge is -2.14. The van der Waals surface area contributed by atoms with Gasteiger partial charge in [-0.15, -0.1) is 11.3 Å². The third-order valence-electron chi connectivity index (χ3n) is 6.01. The third-order valence-corrected chi connectivity index (χ3v) is 7.22. The van der Waals surface area contributed by atoms with Crippen LogP contribution in [0.2, 0.25) is 0 Å². The Morgan fingerprint density at radius 1 is 1.03 bits per heavy atom. The Morgan fingerprint density at radius 2 is 1.74 bits per heavy atom. The second-order valence-electron chi connectivity index (χ2n) is 8.15. The Kier molecular flexibility index (Phi) is 7.29. The van der Waals surface area contributed by atoms with Crippen LogP contribution in [0.4, 0.5) is 10.7 Å². The Balaban J connectivity index is 1.35. The number of para-hydroxylation sites is 1. The van der Waals surface area contributed by atoms with Gasteiger partial charge in [-0.05, 0) is 73.1 Å². The van der Waals surface area contributed by atoms with Crippen molar-refractivity contribution in [1.82, 2.24) is 0 Å². The number of thiophene rings is 1. The Bertz CT molecular complexity index is 1230. The molecule has 6 nitrogen and oxygen atoms in total. The minimum atomic E-state index is -0.318. The van der Waals surface area contributed by atoms with E-state index >= 15 is 0 Å². The molecule has 0 saturated carbocycles. The number of ether oxygens (including phenoxy) is 1. The van der Waals surface area contributed by atoms with E-state index in [9.17, 15) is 14.9 Å². The van der Waals surface area contributed by atoms with E-state index in [0.717, 1.165) is 54.5 Å². The molecule has 4 rings (SSSR count). The van der Waals surface area contributed by atoms with Crippen molar-refractivity contribution in [2.24, 2.45) is 0 Å². The van der Waals surface area contributed by atoms with Crippen LogP contribution in [0.25, 0.3) is 0 Å². The second kappa shape index (κ2) is 10.5. The van der Waals surface area contributed by atoms with Crippen molar-refractivity contribution in [3.05, 3.63) is 75.2 Å². The van der Waals surface area contributed by atoms with Gasteiger partial charge in [0.1, 0.15) is 16.8 Å². The van der Waals surface area contributed by atoms with Gasteiger partial charge in [0.2, 0.25) is 0 Å². The van der Waals surface area contributed by atoms with E-state index in [2.05, 4.69) is 30.6 Å². The summed E-state index contributed by atoms with van der Waals surface area (Å²) in [5, 5.41) is 15.9. The molecule has 0 unspecified atom stereocenters. The maximum Gasteiger partial charge on any atom is 0.262 e. The van der Waals surface area contributed by atoms with Crippen molar-refractivity contribution in [2.75, 3.05) is 17.2 Å². The van der Waals surface area contributed by atoms with Gasteiger partial charge in [-0.1, -0.05) is 32.0 Å². The van der Waals surface area contributed by atoms with Gasteiger partial charge in [0, 0.05) is 16.1 Å².